The van der Waals surface area contributed by atoms with Gasteiger partial charge in [0.05, 0.1) is 6.20 Å². The minimum atomic E-state index is -0.801. The first-order valence-corrected chi connectivity index (χ1v) is 6.41. The van der Waals surface area contributed by atoms with Crippen LogP contribution in [0.3, 0.4) is 0 Å². The average molecular weight is 295 g/mol. The van der Waals surface area contributed by atoms with Gasteiger partial charge in [-0.3, -0.25) is 9.48 Å². The number of hydrogen-bond acceptors (Lipinski definition) is 4. The van der Waals surface area contributed by atoms with Gasteiger partial charge in [-0.05, 0) is 18.6 Å². The van der Waals surface area contributed by atoms with Gasteiger partial charge in [-0.2, -0.15) is 0 Å². The molecule has 1 heterocycles. The number of benzene rings is 1. The smallest absolute Gasteiger partial charge is 0.251 e. The molecular formula is C13H15F2N5O. The number of nitrogens with one attached hydrogen (secondary N) is 2. The van der Waals surface area contributed by atoms with Crippen LogP contribution >= 0.6 is 0 Å². The molecule has 2 N–H and O–H groups in total. The Balaban J connectivity index is 1.88. The summed E-state index contributed by atoms with van der Waals surface area (Å²) in [6.45, 7) is 0.970. The van der Waals surface area contributed by atoms with Crippen LogP contribution < -0.4 is 10.6 Å². The van der Waals surface area contributed by atoms with Crippen molar-refractivity contribution in [3.05, 3.63) is 41.7 Å². The Morgan fingerprint density at radius 1 is 1.33 bits per heavy atom. The molecule has 2 aromatic rings. The van der Waals surface area contributed by atoms with Crippen molar-refractivity contribution < 1.29 is 13.6 Å². The zero-order valence-electron chi connectivity index (χ0n) is 11.4. The van der Waals surface area contributed by atoms with Crippen molar-refractivity contribution in [3.63, 3.8) is 0 Å². The van der Waals surface area contributed by atoms with E-state index in [1.807, 2.05) is 0 Å². The van der Waals surface area contributed by atoms with Gasteiger partial charge in [0.15, 0.2) is 0 Å². The van der Waals surface area contributed by atoms with Gasteiger partial charge in [-0.1, -0.05) is 5.21 Å². The molecule has 0 spiro atoms. The van der Waals surface area contributed by atoms with Gasteiger partial charge in [-0.25, -0.2) is 8.78 Å². The van der Waals surface area contributed by atoms with E-state index in [0.717, 1.165) is 12.1 Å². The Bertz CT molecular complexity index is 592. The van der Waals surface area contributed by atoms with E-state index < -0.39 is 17.5 Å². The van der Waals surface area contributed by atoms with Crippen molar-refractivity contribution in [1.29, 1.82) is 0 Å². The molecule has 6 nitrogen and oxygen atoms in total. The third-order valence-corrected chi connectivity index (χ3v) is 2.88. The molecule has 0 saturated carbocycles. The lowest BCUT2D eigenvalue weighted by molar-refractivity contribution is 0.0951. The molecular weight excluding hydrogens is 280 g/mol. The minimum Gasteiger partial charge on any atom is -0.383 e. The molecule has 2 rings (SSSR count). The van der Waals surface area contributed by atoms with E-state index in [1.54, 1.807) is 17.1 Å². The summed E-state index contributed by atoms with van der Waals surface area (Å²) in [7, 11) is 1.41. The highest BCUT2D eigenvalue weighted by Crippen LogP contribution is 2.20. The van der Waals surface area contributed by atoms with E-state index in [9.17, 15) is 13.6 Å². The number of aryl methyl sites for hydroxylation is 1. The topological polar surface area (TPSA) is 71.8 Å². The van der Waals surface area contributed by atoms with Gasteiger partial charge in [0.2, 0.25) is 0 Å². The quantitative estimate of drug-likeness (QED) is 0.791. The minimum absolute atomic E-state index is 0.0512. The van der Waals surface area contributed by atoms with Gasteiger partial charge in [0, 0.05) is 31.9 Å². The maximum atomic E-state index is 13.5. The number of anilines is 1. The summed E-state index contributed by atoms with van der Waals surface area (Å²) in [5, 5.41) is 12.4. The van der Waals surface area contributed by atoms with Gasteiger partial charge >= 0.3 is 0 Å². The van der Waals surface area contributed by atoms with Crippen molar-refractivity contribution in [2.75, 3.05) is 18.9 Å². The van der Waals surface area contributed by atoms with E-state index in [4.69, 9.17) is 0 Å². The highest BCUT2D eigenvalue weighted by atomic mass is 19.1. The van der Waals surface area contributed by atoms with Crippen molar-refractivity contribution in [1.82, 2.24) is 20.3 Å². The standard InChI is InChI=1S/C13H15F2N5O/c1-16-12-10(14)7-9(8-11(12)15)13(21)17-3-2-5-20-6-4-18-19-20/h4,6-8,16H,2-3,5H2,1H3,(H,17,21). The fourth-order valence-corrected chi connectivity index (χ4v) is 1.84. The molecule has 0 saturated heterocycles. The summed E-state index contributed by atoms with van der Waals surface area (Å²) in [5.41, 5.74) is -0.303. The molecule has 0 bridgehead atoms. The maximum Gasteiger partial charge on any atom is 0.251 e. The van der Waals surface area contributed by atoms with Crippen LogP contribution in [0.25, 0.3) is 0 Å². The molecule has 0 radical (unpaired) electrons. The lowest BCUT2D eigenvalue weighted by Crippen LogP contribution is -2.25. The first-order valence-electron chi connectivity index (χ1n) is 6.41. The van der Waals surface area contributed by atoms with Crippen LogP contribution in [0.1, 0.15) is 16.8 Å². The number of rotatable bonds is 6. The van der Waals surface area contributed by atoms with E-state index in [0.29, 0.717) is 19.5 Å². The van der Waals surface area contributed by atoms with Crippen molar-refractivity contribution in [3.8, 4) is 0 Å². The molecule has 0 fully saturated rings. The predicted octanol–water partition coefficient (Wildman–Crippen LogP) is 1.42. The highest BCUT2D eigenvalue weighted by Gasteiger charge is 2.13. The lowest BCUT2D eigenvalue weighted by Gasteiger charge is -2.08. The molecule has 0 atom stereocenters. The normalized spacial score (nSPS) is 10.4. The number of carbonyl (C=O) groups is 1. The monoisotopic (exact) mass is 295 g/mol. The zero-order valence-corrected chi connectivity index (χ0v) is 11.4. The Labute approximate surface area is 120 Å². The fraction of sp³-hybridized carbons (Fsp3) is 0.308. The SMILES string of the molecule is CNc1c(F)cc(C(=O)NCCCn2ccnn2)cc1F. The second kappa shape index (κ2) is 6.78. The van der Waals surface area contributed by atoms with Crippen LogP contribution in [0, 0.1) is 11.6 Å². The van der Waals surface area contributed by atoms with Crippen molar-refractivity contribution in [2.24, 2.45) is 0 Å². The summed E-state index contributed by atoms with van der Waals surface area (Å²) in [5.74, 6) is -2.12. The summed E-state index contributed by atoms with van der Waals surface area (Å²) < 4.78 is 28.7. The van der Waals surface area contributed by atoms with Crippen LogP contribution in [-0.2, 0) is 6.54 Å². The second-order valence-electron chi connectivity index (χ2n) is 4.34. The number of hydrogen-bond donors (Lipinski definition) is 2. The molecule has 21 heavy (non-hydrogen) atoms. The van der Waals surface area contributed by atoms with Crippen LogP contribution in [0.4, 0.5) is 14.5 Å². The van der Waals surface area contributed by atoms with Gasteiger partial charge in [0.25, 0.3) is 5.91 Å². The maximum absolute atomic E-state index is 13.5. The first kappa shape index (κ1) is 14.9. The molecule has 112 valence electrons. The number of aromatic nitrogens is 3. The van der Waals surface area contributed by atoms with E-state index in [2.05, 4.69) is 20.9 Å². The molecule has 0 aliphatic rings. The molecule has 0 aliphatic carbocycles. The third-order valence-electron chi connectivity index (χ3n) is 2.88. The second-order valence-corrected chi connectivity index (χ2v) is 4.34. The van der Waals surface area contributed by atoms with E-state index in [1.165, 1.54) is 7.05 Å². The van der Waals surface area contributed by atoms with Crippen LogP contribution in [-0.4, -0.2) is 34.5 Å². The third kappa shape index (κ3) is 3.74. The van der Waals surface area contributed by atoms with Crippen LogP contribution in [0.2, 0.25) is 0 Å². The van der Waals surface area contributed by atoms with Gasteiger partial charge in [0.1, 0.15) is 17.3 Å². The summed E-state index contributed by atoms with van der Waals surface area (Å²) in [6.07, 6.45) is 3.91. The Morgan fingerprint density at radius 3 is 2.62 bits per heavy atom. The first-order chi connectivity index (χ1) is 10.1. The van der Waals surface area contributed by atoms with Crippen LogP contribution in [0.5, 0.6) is 0 Å². The number of halogens is 2. The predicted molar refractivity (Wildman–Crippen MR) is 72.9 cm³/mol. The van der Waals surface area contributed by atoms with Crippen molar-refractivity contribution in [2.45, 2.75) is 13.0 Å². The summed E-state index contributed by atoms with van der Waals surface area (Å²) in [6, 6.07) is 2.00. The summed E-state index contributed by atoms with van der Waals surface area (Å²) in [4.78, 5) is 11.8. The lowest BCUT2D eigenvalue weighted by atomic mass is 10.1. The average Bonchev–Trinajstić information content (AvgIpc) is 2.96. The highest BCUT2D eigenvalue weighted by molar-refractivity contribution is 5.94. The largest absolute Gasteiger partial charge is 0.383 e. The van der Waals surface area contributed by atoms with Crippen LogP contribution in [0.15, 0.2) is 24.5 Å². The molecule has 1 aromatic carbocycles. The van der Waals surface area contributed by atoms with E-state index in [-0.39, 0.29) is 11.3 Å². The number of amides is 1. The van der Waals surface area contributed by atoms with Gasteiger partial charge in [-0.15, -0.1) is 5.10 Å². The zero-order chi connectivity index (χ0) is 15.2. The number of carbonyl (C=O) groups excluding carboxylic acids is 1. The fourth-order valence-electron chi connectivity index (χ4n) is 1.84. The number of nitrogens with zero attached hydrogens (tertiary/aromatic N) is 3. The Kier molecular flexibility index (Phi) is 4.81. The molecule has 1 amide bonds. The molecule has 8 heteroatoms. The molecule has 0 unspecified atom stereocenters. The van der Waals surface area contributed by atoms with Gasteiger partial charge < -0.3 is 10.6 Å². The summed E-state index contributed by atoms with van der Waals surface area (Å²) >= 11 is 0. The molecule has 1 aromatic heterocycles. The Morgan fingerprint density at radius 2 is 2.05 bits per heavy atom. The molecule has 0 aliphatic heterocycles. The van der Waals surface area contributed by atoms with E-state index >= 15 is 0 Å². The van der Waals surface area contributed by atoms with Crippen molar-refractivity contribution >= 4 is 11.6 Å². The Hall–Kier alpha value is -2.51.